The Kier molecular flexibility index (Phi) is 4.88. The number of para-hydroxylation sites is 1. The van der Waals surface area contributed by atoms with Crippen molar-refractivity contribution in [3.05, 3.63) is 66.1 Å². The first-order valence-electron chi connectivity index (χ1n) is 9.67. The molecule has 152 valence electrons. The van der Waals surface area contributed by atoms with Gasteiger partial charge >= 0.3 is 0 Å². The monoisotopic (exact) mass is 421 g/mol. The molecule has 4 aromatic rings. The molecule has 1 aliphatic heterocycles. The number of carbonyl (C=O) groups excluding carboxylic acids is 1. The first-order valence-corrected chi connectivity index (χ1v) is 10.7. The first kappa shape index (κ1) is 18.7. The van der Waals surface area contributed by atoms with Crippen LogP contribution < -0.4 is 0 Å². The van der Waals surface area contributed by atoms with Crippen LogP contribution in [-0.2, 0) is 11.2 Å². The van der Waals surface area contributed by atoms with E-state index in [1.165, 1.54) is 16.8 Å². The molecule has 9 heteroatoms. The fourth-order valence-electron chi connectivity index (χ4n) is 3.41. The second kappa shape index (κ2) is 7.83. The molecule has 1 N–H and O–H groups in total. The third-order valence-corrected chi connectivity index (χ3v) is 5.75. The Morgan fingerprint density at radius 3 is 2.97 bits per heavy atom. The van der Waals surface area contributed by atoms with Crippen molar-refractivity contribution < 1.29 is 13.6 Å². The quantitative estimate of drug-likeness (QED) is 0.469. The topological polar surface area (TPSA) is 101 Å². The van der Waals surface area contributed by atoms with Crippen LogP contribution in [0.15, 0.2) is 67.8 Å². The van der Waals surface area contributed by atoms with Crippen molar-refractivity contribution in [3.8, 4) is 0 Å². The lowest BCUT2D eigenvalue weighted by Crippen LogP contribution is -2.28. The molecule has 1 atom stereocenters. The Balaban J connectivity index is 1.39. The molecular weight excluding hydrogens is 402 g/mol. The van der Waals surface area contributed by atoms with Gasteiger partial charge in [0.1, 0.15) is 28.9 Å². The summed E-state index contributed by atoms with van der Waals surface area (Å²) in [5, 5.41) is 14.6. The predicted molar refractivity (Wildman–Crippen MR) is 112 cm³/mol. The Labute approximate surface area is 176 Å². The van der Waals surface area contributed by atoms with E-state index in [4.69, 9.17) is 8.83 Å². The summed E-state index contributed by atoms with van der Waals surface area (Å²) >= 11 is 1.28. The van der Waals surface area contributed by atoms with Gasteiger partial charge in [0, 0.05) is 18.2 Å². The molecule has 8 nitrogen and oxygen atoms in total. The maximum atomic E-state index is 13.0. The van der Waals surface area contributed by atoms with E-state index in [1.807, 2.05) is 49.4 Å². The summed E-state index contributed by atoms with van der Waals surface area (Å²) in [5.41, 5.74) is 1.51. The number of furan rings is 2. The van der Waals surface area contributed by atoms with Gasteiger partial charge in [-0.2, -0.15) is 5.10 Å². The molecular formula is C21H19N5O3S. The summed E-state index contributed by atoms with van der Waals surface area (Å²) in [4.78, 5) is 17.3. The standard InChI is InChI=1S/C21H19N5O3S/c1-2-19-22-21(24-23-19)30-12-20(27)26-15(17-8-5-9-28-17)11-14(25-26)18-10-13-6-3-4-7-16(13)29-18/h3-10,15H,2,11-12H2,1H3,(H,22,23,24). The number of benzene rings is 1. The lowest BCUT2D eigenvalue weighted by molar-refractivity contribution is -0.130. The third kappa shape index (κ3) is 3.52. The Morgan fingerprint density at radius 1 is 1.30 bits per heavy atom. The van der Waals surface area contributed by atoms with Crippen LogP contribution in [-0.4, -0.2) is 37.6 Å². The van der Waals surface area contributed by atoms with Crippen molar-refractivity contribution in [3.63, 3.8) is 0 Å². The van der Waals surface area contributed by atoms with Gasteiger partial charge in [-0.05, 0) is 24.3 Å². The van der Waals surface area contributed by atoms with E-state index < -0.39 is 0 Å². The molecule has 5 rings (SSSR count). The number of nitrogens with zero attached hydrogens (tertiary/aromatic N) is 4. The number of nitrogens with one attached hydrogen (secondary N) is 1. The third-order valence-electron chi connectivity index (χ3n) is 4.92. The van der Waals surface area contributed by atoms with E-state index >= 15 is 0 Å². The number of amides is 1. The summed E-state index contributed by atoms with van der Waals surface area (Å²) in [6, 6.07) is 13.1. The van der Waals surface area contributed by atoms with Crippen molar-refractivity contribution >= 4 is 34.3 Å². The van der Waals surface area contributed by atoms with Crippen LogP contribution >= 0.6 is 11.8 Å². The molecule has 1 aliphatic rings. The van der Waals surface area contributed by atoms with E-state index in [0.29, 0.717) is 23.1 Å². The highest BCUT2D eigenvalue weighted by Gasteiger charge is 2.36. The van der Waals surface area contributed by atoms with Gasteiger partial charge in [-0.3, -0.25) is 9.89 Å². The van der Waals surface area contributed by atoms with Gasteiger partial charge in [-0.25, -0.2) is 9.99 Å². The second-order valence-electron chi connectivity index (χ2n) is 6.88. The van der Waals surface area contributed by atoms with Crippen molar-refractivity contribution in [1.82, 2.24) is 20.2 Å². The lowest BCUT2D eigenvalue weighted by Gasteiger charge is -2.19. The van der Waals surface area contributed by atoms with Gasteiger partial charge in [-0.1, -0.05) is 36.9 Å². The molecule has 0 aliphatic carbocycles. The van der Waals surface area contributed by atoms with Gasteiger partial charge in [-0.15, -0.1) is 5.10 Å². The van der Waals surface area contributed by atoms with Gasteiger partial charge < -0.3 is 8.83 Å². The largest absolute Gasteiger partial charge is 0.467 e. The zero-order chi connectivity index (χ0) is 20.5. The molecule has 3 aromatic heterocycles. The minimum Gasteiger partial charge on any atom is -0.467 e. The zero-order valence-electron chi connectivity index (χ0n) is 16.2. The zero-order valence-corrected chi connectivity index (χ0v) is 17.1. The number of aromatic amines is 1. The first-order chi connectivity index (χ1) is 14.7. The predicted octanol–water partition coefficient (Wildman–Crippen LogP) is 4.18. The number of aromatic nitrogens is 3. The molecule has 0 fully saturated rings. The van der Waals surface area contributed by atoms with E-state index in [2.05, 4.69) is 20.3 Å². The van der Waals surface area contributed by atoms with Gasteiger partial charge in [0.25, 0.3) is 5.91 Å². The minimum absolute atomic E-state index is 0.143. The molecule has 0 spiro atoms. The van der Waals surface area contributed by atoms with Gasteiger partial charge in [0.15, 0.2) is 5.76 Å². The molecule has 0 saturated heterocycles. The van der Waals surface area contributed by atoms with Crippen molar-refractivity contribution in [2.45, 2.75) is 31.0 Å². The summed E-state index contributed by atoms with van der Waals surface area (Å²) in [6.07, 6.45) is 2.88. The SMILES string of the molecule is CCc1nc(SCC(=O)N2N=C(c3cc4ccccc4o3)CC2c2ccco2)n[nH]1. The highest BCUT2D eigenvalue weighted by molar-refractivity contribution is 7.99. The van der Waals surface area contributed by atoms with E-state index in [-0.39, 0.29) is 17.7 Å². The summed E-state index contributed by atoms with van der Waals surface area (Å²) in [7, 11) is 0. The lowest BCUT2D eigenvalue weighted by atomic mass is 10.1. The molecule has 1 amide bonds. The average molecular weight is 421 g/mol. The maximum Gasteiger partial charge on any atom is 0.253 e. The summed E-state index contributed by atoms with van der Waals surface area (Å²) in [5.74, 6) is 2.18. The fraction of sp³-hybridized carbons (Fsp3) is 0.238. The number of aryl methyl sites for hydroxylation is 1. The van der Waals surface area contributed by atoms with Crippen LogP contribution in [0.4, 0.5) is 0 Å². The van der Waals surface area contributed by atoms with E-state index in [9.17, 15) is 4.79 Å². The smallest absolute Gasteiger partial charge is 0.253 e. The number of H-pyrrole nitrogens is 1. The van der Waals surface area contributed by atoms with Crippen LogP contribution in [0.25, 0.3) is 11.0 Å². The molecule has 1 aromatic carbocycles. The molecule has 4 heterocycles. The highest BCUT2D eigenvalue weighted by Crippen LogP contribution is 2.35. The Morgan fingerprint density at radius 2 is 2.20 bits per heavy atom. The fourth-order valence-corrected chi connectivity index (χ4v) is 4.08. The van der Waals surface area contributed by atoms with Crippen LogP contribution in [0.3, 0.4) is 0 Å². The Hall–Kier alpha value is -3.33. The van der Waals surface area contributed by atoms with E-state index in [1.54, 1.807) is 6.26 Å². The number of thioether (sulfide) groups is 1. The summed E-state index contributed by atoms with van der Waals surface area (Å²) < 4.78 is 11.5. The van der Waals surface area contributed by atoms with Crippen LogP contribution in [0, 0.1) is 0 Å². The summed E-state index contributed by atoms with van der Waals surface area (Å²) in [6.45, 7) is 1.99. The highest BCUT2D eigenvalue weighted by atomic mass is 32.2. The second-order valence-corrected chi connectivity index (χ2v) is 7.82. The number of carbonyl (C=O) groups is 1. The molecule has 30 heavy (non-hydrogen) atoms. The molecule has 0 radical (unpaired) electrons. The van der Waals surface area contributed by atoms with E-state index in [0.717, 1.165) is 28.9 Å². The number of hydrazone groups is 1. The van der Waals surface area contributed by atoms with Gasteiger partial charge in [0.2, 0.25) is 5.16 Å². The minimum atomic E-state index is -0.311. The Bertz CT molecular complexity index is 1180. The molecule has 1 unspecified atom stereocenters. The normalized spacial score (nSPS) is 16.4. The number of fused-ring (bicyclic) bond motifs is 1. The van der Waals surface area contributed by atoms with Crippen molar-refractivity contribution in [2.24, 2.45) is 5.10 Å². The average Bonchev–Trinajstić information content (AvgIpc) is 3.55. The van der Waals surface area contributed by atoms with Crippen LogP contribution in [0.5, 0.6) is 0 Å². The number of rotatable bonds is 6. The number of hydrogen-bond donors (Lipinski definition) is 1. The van der Waals surface area contributed by atoms with Gasteiger partial charge in [0.05, 0.1) is 12.0 Å². The van der Waals surface area contributed by atoms with Crippen molar-refractivity contribution in [2.75, 3.05) is 5.75 Å². The molecule has 0 bridgehead atoms. The van der Waals surface area contributed by atoms with Crippen LogP contribution in [0.2, 0.25) is 0 Å². The van der Waals surface area contributed by atoms with Crippen LogP contribution in [0.1, 0.15) is 36.7 Å². The molecule has 0 saturated carbocycles. The maximum absolute atomic E-state index is 13.0. The number of hydrogen-bond acceptors (Lipinski definition) is 7. The van der Waals surface area contributed by atoms with Crippen molar-refractivity contribution in [1.29, 1.82) is 0 Å².